The first-order valence-corrected chi connectivity index (χ1v) is 9.88. The molecule has 0 radical (unpaired) electrons. The number of nitrogens with one attached hydrogen (secondary N) is 2. The Balaban J connectivity index is 1.73. The van der Waals surface area contributed by atoms with E-state index in [0.29, 0.717) is 6.42 Å². The van der Waals surface area contributed by atoms with Crippen LogP contribution in [0.4, 0.5) is 0 Å². The van der Waals surface area contributed by atoms with Gasteiger partial charge in [0, 0.05) is 17.3 Å². The summed E-state index contributed by atoms with van der Waals surface area (Å²) in [5.41, 5.74) is 0.816. The highest BCUT2D eigenvalue weighted by Crippen LogP contribution is 2.25. The van der Waals surface area contributed by atoms with E-state index in [0.717, 1.165) is 36.4 Å². The van der Waals surface area contributed by atoms with Crippen molar-refractivity contribution in [3.05, 3.63) is 16.1 Å². The van der Waals surface area contributed by atoms with Gasteiger partial charge in [0.05, 0.1) is 29.8 Å². The number of aliphatic hydroxyl groups excluding tert-OH is 1. The number of thiazole rings is 1. The molecular formula is C18H29N3O3S. The second-order valence-electron chi connectivity index (χ2n) is 7.19. The average molecular weight is 368 g/mol. The van der Waals surface area contributed by atoms with Crippen LogP contribution >= 0.6 is 11.3 Å². The zero-order valence-electron chi connectivity index (χ0n) is 15.2. The quantitative estimate of drug-likeness (QED) is 0.685. The molecule has 2 amide bonds. The van der Waals surface area contributed by atoms with Gasteiger partial charge in [0.25, 0.3) is 0 Å². The molecule has 0 spiro atoms. The first-order valence-electron chi connectivity index (χ1n) is 9.00. The summed E-state index contributed by atoms with van der Waals surface area (Å²) in [7, 11) is 0. The molecule has 1 unspecified atom stereocenters. The molecule has 3 N–H and O–H groups in total. The van der Waals surface area contributed by atoms with Gasteiger partial charge in [-0.2, -0.15) is 0 Å². The Morgan fingerprint density at radius 1 is 1.32 bits per heavy atom. The minimum atomic E-state index is -0.188. The van der Waals surface area contributed by atoms with Gasteiger partial charge in [0.2, 0.25) is 11.8 Å². The minimum absolute atomic E-state index is 0.00152. The summed E-state index contributed by atoms with van der Waals surface area (Å²) in [6, 6.07) is -0.0542. The van der Waals surface area contributed by atoms with Gasteiger partial charge in [0.15, 0.2) is 0 Å². The Bertz CT molecular complexity index is 580. The number of aryl methyl sites for hydroxylation is 1. The summed E-state index contributed by atoms with van der Waals surface area (Å²) in [6.07, 6.45) is 3.47. The Labute approximate surface area is 153 Å². The monoisotopic (exact) mass is 367 g/mol. The highest BCUT2D eigenvalue weighted by molar-refractivity contribution is 7.09. The zero-order chi connectivity index (χ0) is 18.4. The van der Waals surface area contributed by atoms with Crippen LogP contribution in [0, 0.1) is 18.8 Å². The molecule has 1 saturated carbocycles. The highest BCUT2D eigenvalue weighted by Gasteiger charge is 2.28. The second kappa shape index (κ2) is 9.29. The molecule has 6 nitrogen and oxygen atoms in total. The summed E-state index contributed by atoms with van der Waals surface area (Å²) >= 11 is 1.55. The minimum Gasteiger partial charge on any atom is -0.394 e. The molecule has 25 heavy (non-hydrogen) atoms. The average Bonchev–Trinajstić information content (AvgIpc) is 2.97. The molecule has 1 aromatic rings. The molecule has 0 saturated heterocycles. The van der Waals surface area contributed by atoms with E-state index in [2.05, 4.69) is 15.6 Å². The molecular weight excluding hydrogens is 338 g/mol. The van der Waals surface area contributed by atoms with Gasteiger partial charge in [0.1, 0.15) is 0 Å². The van der Waals surface area contributed by atoms with E-state index in [4.69, 9.17) is 0 Å². The number of carbonyl (C=O) groups is 2. The lowest BCUT2D eigenvalue weighted by Crippen LogP contribution is -2.46. The SMILES string of the molecule is Cc1nc(CC(=O)NC2CCC(C(=O)NC(CO)C(C)C)CC2)cs1. The summed E-state index contributed by atoms with van der Waals surface area (Å²) in [5.74, 6) is 0.204. The fourth-order valence-corrected chi connectivity index (χ4v) is 3.77. The Morgan fingerprint density at radius 2 is 2.00 bits per heavy atom. The van der Waals surface area contributed by atoms with Crippen molar-refractivity contribution in [2.24, 2.45) is 11.8 Å². The maximum Gasteiger partial charge on any atom is 0.226 e. The van der Waals surface area contributed by atoms with Gasteiger partial charge in [-0.25, -0.2) is 4.98 Å². The van der Waals surface area contributed by atoms with Crippen molar-refractivity contribution in [3.63, 3.8) is 0 Å². The first-order chi connectivity index (χ1) is 11.9. The Kier molecular flexibility index (Phi) is 7.38. The van der Waals surface area contributed by atoms with Gasteiger partial charge in [-0.3, -0.25) is 9.59 Å². The van der Waals surface area contributed by atoms with Crippen LogP contribution in [0.2, 0.25) is 0 Å². The molecule has 1 atom stereocenters. The number of aliphatic hydroxyl groups is 1. The normalized spacial score (nSPS) is 21.8. The summed E-state index contributed by atoms with van der Waals surface area (Å²) in [5, 5.41) is 18.2. The second-order valence-corrected chi connectivity index (χ2v) is 8.25. The molecule has 1 aliphatic carbocycles. The predicted octanol–water partition coefficient (Wildman–Crippen LogP) is 1.80. The third kappa shape index (κ3) is 6.08. The number of aromatic nitrogens is 1. The van der Waals surface area contributed by atoms with E-state index in [1.54, 1.807) is 11.3 Å². The zero-order valence-corrected chi connectivity index (χ0v) is 16.1. The molecule has 0 bridgehead atoms. The van der Waals surface area contributed by atoms with Crippen LogP contribution in [0.5, 0.6) is 0 Å². The molecule has 1 aliphatic rings. The van der Waals surface area contributed by atoms with Crippen molar-refractivity contribution in [1.82, 2.24) is 15.6 Å². The fraction of sp³-hybridized carbons (Fsp3) is 0.722. The summed E-state index contributed by atoms with van der Waals surface area (Å²) in [6.45, 7) is 5.86. The van der Waals surface area contributed by atoms with Crippen LogP contribution in [-0.2, 0) is 16.0 Å². The molecule has 0 aliphatic heterocycles. The topological polar surface area (TPSA) is 91.3 Å². The van der Waals surface area contributed by atoms with E-state index in [1.807, 2.05) is 26.2 Å². The van der Waals surface area contributed by atoms with Crippen LogP contribution < -0.4 is 10.6 Å². The fourth-order valence-electron chi connectivity index (χ4n) is 3.16. The van der Waals surface area contributed by atoms with Crippen LogP contribution in [0.1, 0.15) is 50.2 Å². The molecule has 1 aromatic heterocycles. The third-order valence-electron chi connectivity index (χ3n) is 4.80. The van der Waals surface area contributed by atoms with E-state index < -0.39 is 0 Å². The molecule has 1 heterocycles. The van der Waals surface area contributed by atoms with Crippen molar-refractivity contribution in [3.8, 4) is 0 Å². The molecule has 1 fully saturated rings. The van der Waals surface area contributed by atoms with Crippen LogP contribution in [0.15, 0.2) is 5.38 Å². The van der Waals surface area contributed by atoms with Crippen LogP contribution in [0.3, 0.4) is 0 Å². The van der Waals surface area contributed by atoms with Crippen LogP contribution in [0.25, 0.3) is 0 Å². The van der Waals surface area contributed by atoms with Gasteiger partial charge < -0.3 is 15.7 Å². The largest absolute Gasteiger partial charge is 0.394 e. The molecule has 140 valence electrons. The van der Waals surface area contributed by atoms with E-state index in [1.165, 1.54) is 0 Å². The van der Waals surface area contributed by atoms with Crippen molar-refractivity contribution >= 4 is 23.2 Å². The predicted molar refractivity (Wildman–Crippen MR) is 98.3 cm³/mol. The molecule has 7 heteroatoms. The number of nitrogens with zero attached hydrogens (tertiary/aromatic N) is 1. The van der Waals surface area contributed by atoms with E-state index >= 15 is 0 Å². The molecule has 2 rings (SSSR count). The van der Waals surface area contributed by atoms with Gasteiger partial charge >= 0.3 is 0 Å². The lowest BCUT2D eigenvalue weighted by molar-refractivity contribution is -0.127. The Morgan fingerprint density at radius 3 is 2.52 bits per heavy atom. The smallest absolute Gasteiger partial charge is 0.226 e. The van der Waals surface area contributed by atoms with Crippen molar-refractivity contribution in [1.29, 1.82) is 0 Å². The number of carbonyl (C=O) groups excluding carboxylic acids is 2. The van der Waals surface area contributed by atoms with E-state index in [-0.39, 0.29) is 42.3 Å². The standard InChI is InChI=1S/C18H29N3O3S/c1-11(2)16(9-22)21-18(24)13-4-6-14(7-5-13)20-17(23)8-15-10-25-12(3)19-15/h10-11,13-14,16,22H,4-9H2,1-3H3,(H,20,23)(H,21,24). The van der Waals surface area contributed by atoms with Crippen molar-refractivity contribution < 1.29 is 14.7 Å². The third-order valence-corrected chi connectivity index (χ3v) is 5.62. The highest BCUT2D eigenvalue weighted by atomic mass is 32.1. The van der Waals surface area contributed by atoms with Crippen LogP contribution in [-0.4, -0.2) is 40.6 Å². The van der Waals surface area contributed by atoms with Crippen molar-refractivity contribution in [2.75, 3.05) is 6.61 Å². The van der Waals surface area contributed by atoms with Crippen molar-refractivity contribution in [2.45, 2.75) is 65.0 Å². The number of amides is 2. The Hall–Kier alpha value is -1.47. The maximum absolute atomic E-state index is 12.3. The number of hydrogen-bond acceptors (Lipinski definition) is 5. The lowest BCUT2D eigenvalue weighted by Gasteiger charge is -2.30. The van der Waals surface area contributed by atoms with Gasteiger partial charge in [-0.05, 0) is 38.5 Å². The van der Waals surface area contributed by atoms with Gasteiger partial charge in [-0.15, -0.1) is 11.3 Å². The number of rotatable bonds is 7. The summed E-state index contributed by atoms with van der Waals surface area (Å²) < 4.78 is 0. The van der Waals surface area contributed by atoms with Gasteiger partial charge in [-0.1, -0.05) is 13.8 Å². The number of hydrogen-bond donors (Lipinski definition) is 3. The molecule has 0 aromatic carbocycles. The summed E-state index contributed by atoms with van der Waals surface area (Å²) in [4.78, 5) is 28.8. The maximum atomic E-state index is 12.3. The first kappa shape index (κ1) is 19.8. The van der Waals surface area contributed by atoms with E-state index in [9.17, 15) is 14.7 Å². The lowest BCUT2D eigenvalue weighted by atomic mass is 9.85.